The molecular weight excluding hydrogens is 340 g/mol. The monoisotopic (exact) mass is 362 g/mol. The Hall–Kier alpha value is -2.41. The quantitative estimate of drug-likeness (QED) is 0.821. The third-order valence-corrected chi connectivity index (χ3v) is 4.62. The number of hydrogen-bond donors (Lipinski definition) is 1. The highest BCUT2D eigenvalue weighted by Crippen LogP contribution is 2.24. The first-order chi connectivity index (χ1) is 11.7. The van der Waals surface area contributed by atoms with Crippen LogP contribution in [-0.2, 0) is 21.5 Å². The average Bonchev–Trinajstić information content (AvgIpc) is 2.92. The van der Waals surface area contributed by atoms with Gasteiger partial charge in [0.15, 0.2) is 5.13 Å². The van der Waals surface area contributed by atoms with Gasteiger partial charge >= 0.3 is 12.1 Å². The molecule has 1 aromatic heterocycles. The van der Waals surface area contributed by atoms with E-state index >= 15 is 0 Å². The van der Waals surface area contributed by atoms with E-state index in [2.05, 4.69) is 35.8 Å². The van der Waals surface area contributed by atoms with E-state index < -0.39 is 12.1 Å². The van der Waals surface area contributed by atoms with Gasteiger partial charge in [-0.05, 0) is 23.5 Å². The molecule has 1 amide bonds. The summed E-state index contributed by atoms with van der Waals surface area (Å²) in [5, 5.41) is 2.82. The molecule has 25 heavy (non-hydrogen) atoms. The Balaban J connectivity index is 1.92. The zero-order chi connectivity index (χ0) is 18.6. The van der Waals surface area contributed by atoms with Crippen LogP contribution < -0.4 is 5.32 Å². The fraction of sp³-hybridized carbons (Fsp3) is 0.389. The maximum atomic E-state index is 11.9. The van der Waals surface area contributed by atoms with Gasteiger partial charge in [0.25, 0.3) is 0 Å². The minimum Gasteiger partial charge on any atom is -0.465 e. The van der Waals surface area contributed by atoms with Gasteiger partial charge in [-0.2, -0.15) is 0 Å². The van der Waals surface area contributed by atoms with Crippen molar-refractivity contribution in [2.24, 2.45) is 0 Å². The van der Waals surface area contributed by atoms with Crippen LogP contribution in [0.15, 0.2) is 24.3 Å². The molecule has 2 aromatic rings. The molecule has 1 N–H and O–H groups in total. The molecule has 0 aliphatic rings. The number of carbonyl (C=O) groups is 2. The zero-order valence-corrected chi connectivity index (χ0v) is 15.8. The minimum absolute atomic E-state index is 0.0802. The van der Waals surface area contributed by atoms with Gasteiger partial charge in [-0.1, -0.05) is 56.4 Å². The lowest BCUT2D eigenvalue weighted by atomic mass is 9.87. The number of rotatable bonds is 4. The van der Waals surface area contributed by atoms with Crippen molar-refractivity contribution in [3.63, 3.8) is 0 Å². The molecule has 0 spiro atoms. The Morgan fingerprint density at radius 3 is 2.40 bits per heavy atom. The van der Waals surface area contributed by atoms with Crippen molar-refractivity contribution in [3.8, 4) is 0 Å². The van der Waals surface area contributed by atoms with E-state index in [0.29, 0.717) is 15.7 Å². The fourth-order valence-electron chi connectivity index (χ4n) is 2.11. The summed E-state index contributed by atoms with van der Waals surface area (Å²) in [4.78, 5) is 27.9. The molecule has 0 aliphatic heterocycles. The Morgan fingerprint density at radius 2 is 1.84 bits per heavy atom. The molecule has 6 nitrogen and oxygen atoms in total. The Kier molecular flexibility index (Phi) is 5.79. The van der Waals surface area contributed by atoms with Crippen molar-refractivity contribution in [1.82, 2.24) is 4.98 Å². The molecule has 0 unspecified atom stereocenters. The second kappa shape index (κ2) is 7.65. The maximum Gasteiger partial charge on any atom is 0.413 e. The molecule has 7 heteroatoms. The third kappa shape index (κ3) is 5.03. The second-order valence-corrected chi connectivity index (χ2v) is 7.57. The van der Waals surface area contributed by atoms with Gasteiger partial charge in [-0.15, -0.1) is 0 Å². The smallest absolute Gasteiger partial charge is 0.413 e. The van der Waals surface area contributed by atoms with Crippen LogP contribution in [-0.4, -0.2) is 24.2 Å². The first-order valence-corrected chi connectivity index (χ1v) is 8.61. The molecule has 2 rings (SSSR count). The summed E-state index contributed by atoms with van der Waals surface area (Å²) in [5.74, 6) is -0.477. The van der Waals surface area contributed by atoms with Crippen LogP contribution in [0.3, 0.4) is 0 Å². The van der Waals surface area contributed by atoms with E-state index in [-0.39, 0.29) is 12.0 Å². The predicted octanol–water partition coefficient (Wildman–Crippen LogP) is 4.28. The van der Waals surface area contributed by atoms with Crippen LogP contribution in [0, 0.1) is 6.92 Å². The van der Waals surface area contributed by atoms with Gasteiger partial charge in [0, 0.05) is 0 Å². The van der Waals surface area contributed by atoms with Crippen LogP contribution >= 0.6 is 11.3 Å². The normalized spacial score (nSPS) is 11.1. The highest BCUT2D eigenvalue weighted by atomic mass is 32.1. The highest BCUT2D eigenvalue weighted by Gasteiger charge is 2.17. The van der Waals surface area contributed by atoms with Gasteiger partial charge in [0.05, 0.1) is 12.8 Å². The lowest BCUT2D eigenvalue weighted by molar-refractivity contribution is 0.0605. The summed E-state index contributed by atoms with van der Waals surface area (Å²) in [6, 6.07) is 7.94. The highest BCUT2D eigenvalue weighted by molar-refractivity contribution is 7.17. The van der Waals surface area contributed by atoms with E-state index in [1.807, 2.05) is 24.3 Å². The summed E-state index contributed by atoms with van der Waals surface area (Å²) in [5.41, 5.74) is 2.70. The van der Waals surface area contributed by atoms with Gasteiger partial charge in [0.2, 0.25) is 0 Å². The average molecular weight is 362 g/mol. The number of carbonyl (C=O) groups excluding carboxylic acids is 2. The standard InChI is InChI=1S/C18H22N2O4S/c1-11-14(15(21)23-5)25-16(19-11)20-17(22)24-10-12-6-8-13(9-7-12)18(2,3)4/h6-9H,10H2,1-5H3,(H,19,20,22). The van der Waals surface area contributed by atoms with Gasteiger partial charge in [-0.25, -0.2) is 14.6 Å². The minimum atomic E-state index is -0.620. The number of methoxy groups -OCH3 is 1. The lowest BCUT2D eigenvalue weighted by Crippen LogP contribution is -2.14. The summed E-state index contributed by atoms with van der Waals surface area (Å²) in [6.45, 7) is 8.26. The van der Waals surface area contributed by atoms with Crippen molar-refractivity contribution >= 4 is 28.5 Å². The number of esters is 1. The SMILES string of the molecule is COC(=O)c1sc(NC(=O)OCc2ccc(C(C)(C)C)cc2)nc1C. The second-order valence-electron chi connectivity index (χ2n) is 6.57. The fourth-order valence-corrected chi connectivity index (χ4v) is 2.98. The molecule has 0 atom stereocenters. The third-order valence-electron chi connectivity index (χ3n) is 3.57. The molecule has 0 saturated heterocycles. The number of hydrogen-bond acceptors (Lipinski definition) is 6. The Morgan fingerprint density at radius 1 is 1.20 bits per heavy atom. The van der Waals surface area contributed by atoms with E-state index in [9.17, 15) is 9.59 Å². The summed E-state index contributed by atoms with van der Waals surface area (Å²) >= 11 is 1.05. The van der Waals surface area contributed by atoms with E-state index in [0.717, 1.165) is 16.9 Å². The van der Waals surface area contributed by atoms with Gasteiger partial charge in [-0.3, -0.25) is 5.32 Å². The molecule has 1 aromatic carbocycles. The number of anilines is 1. The Labute approximate surface area is 151 Å². The van der Waals surface area contributed by atoms with Crippen molar-refractivity contribution < 1.29 is 19.1 Å². The number of amides is 1. The van der Waals surface area contributed by atoms with Crippen LogP contribution in [0.5, 0.6) is 0 Å². The van der Waals surface area contributed by atoms with E-state index in [1.54, 1.807) is 6.92 Å². The van der Waals surface area contributed by atoms with Crippen LogP contribution in [0.2, 0.25) is 0 Å². The summed E-state index contributed by atoms with van der Waals surface area (Å²) < 4.78 is 9.86. The number of aromatic nitrogens is 1. The van der Waals surface area contributed by atoms with Gasteiger partial charge < -0.3 is 9.47 Å². The van der Waals surface area contributed by atoms with Crippen molar-refractivity contribution in [3.05, 3.63) is 46.0 Å². The molecule has 0 fully saturated rings. The predicted molar refractivity (Wildman–Crippen MR) is 97.1 cm³/mol. The molecule has 0 aliphatic carbocycles. The largest absolute Gasteiger partial charge is 0.465 e. The summed E-state index contributed by atoms with van der Waals surface area (Å²) in [7, 11) is 1.30. The molecule has 0 radical (unpaired) electrons. The lowest BCUT2D eigenvalue weighted by Gasteiger charge is -2.19. The maximum absolute atomic E-state index is 11.9. The van der Waals surface area contributed by atoms with Gasteiger partial charge in [0.1, 0.15) is 11.5 Å². The molecule has 134 valence electrons. The van der Waals surface area contributed by atoms with Crippen molar-refractivity contribution in [1.29, 1.82) is 0 Å². The van der Waals surface area contributed by atoms with Crippen LogP contribution in [0.1, 0.15) is 47.3 Å². The van der Waals surface area contributed by atoms with E-state index in [4.69, 9.17) is 4.74 Å². The number of aryl methyl sites for hydroxylation is 1. The van der Waals surface area contributed by atoms with E-state index in [1.165, 1.54) is 12.7 Å². The number of nitrogens with zero attached hydrogens (tertiary/aromatic N) is 1. The molecule has 0 saturated carbocycles. The first kappa shape index (κ1) is 18.9. The van der Waals surface area contributed by atoms with Crippen LogP contribution in [0.25, 0.3) is 0 Å². The first-order valence-electron chi connectivity index (χ1n) is 7.79. The zero-order valence-electron chi connectivity index (χ0n) is 15.0. The molecule has 0 bridgehead atoms. The topological polar surface area (TPSA) is 77.5 Å². The van der Waals surface area contributed by atoms with Crippen LogP contribution in [0.4, 0.5) is 9.93 Å². The number of ether oxygens (including phenoxy) is 2. The molecule has 1 heterocycles. The summed E-state index contributed by atoms with van der Waals surface area (Å²) in [6.07, 6.45) is -0.620. The number of nitrogens with one attached hydrogen (secondary N) is 1. The number of benzene rings is 1. The number of thiazole rings is 1. The molecular formula is C18H22N2O4S. The van der Waals surface area contributed by atoms with Crippen molar-refractivity contribution in [2.75, 3.05) is 12.4 Å². The van der Waals surface area contributed by atoms with Crippen molar-refractivity contribution in [2.45, 2.75) is 39.7 Å². The Bertz CT molecular complexity index is 760.